The summed E-state index contributed by atoms with van der Waals surface area (Å²) in [5, 5.41) is 1.94. The molecule has 3 aliphatic rings. The standard InChI is InChI=1S/C16H27S2/c1-12-13(15-6-2-4-10-17-15)8-9-14(12)16-7-3-5-11-18-16/h12-13,15-16H,2-11H2,1H3. The van der Waals surface area contributed by atoms with E-state index in [9.17, 15) is 0 Å². The molecule has 1 saturated carbocycles. The summed E-state index contributed by atoms with van der Waals surface area (Å²) < 4.78 is 0. The lowest BCUT2D eigenvalue weighted by Gasteiger charge is -2.34. The molecule has 1 radical (unpaired) electrons. The Balaban J connectivity index is 1.58. The van der Waals surface area contributed by atoms with E-state index in [0.29, 0.717) is 0 Å². The normalized spacial score (nSPS) is 43.2. The van der Waals surface area contributed by atoms with Crippen molar-refractivity contribution in [2.45, 2.75) is 68.8 Å². The van der Waals surface area contributed by atoms with Crippen LogP contribution < -0.4 is 0 Å². The summed E-state index contributed by atoms with van der Waals surface area (Å²) in [5.41, 5.74) is 0. The summed E-state index contributed by atoms with van der Waals surface area (Å²) in [6.07, 6.45) is 11.9. The van der Waals surface area contributed by atoms with Gasteiger partial charge in [-0.3, -0.25) is 0 Å². The predicted octanol–water partition coefficient (Wildman–Crippen LogP) is 5.18. The lowest BCUT2D eigenvalue weighted by atomic mass is 9.84. The van der Waals surface area contributed by atoms with Gasteiger partial charge in [0.15, 0.2) is 0 Å². The molecule has 1 aliphatic carbocycles. The first-order valence-corrected chi connectivity index (χ1v) is 10.0. The highest BCUT2D eigenvalue weighted by molar-refractivity contribution is 8.00. The van der Waals surface area contributed by atoms with E-state index >= 15 is 0 Å². The maximum absolute atomic E-state index is 2.55. The second-order valence-electron chi connectivity index (χ2n) is 6.33. The van der Waals surface area contributed by atoms with Gasteiger partial charge in [-0.2, -0.15) is 23.5 Å². The quantitative estimate of drug-likeness (QED) is 0.685. The lowest BCUT2D eigenvalue weighted by molar-refractivity contribution is 0.386. The van der Waals surface area contributed by atoms with Crippen molar-refractivity contribution in [3.05, 3.63) is 5.92 Å². The molecule has 2 saturated heterocycles. The van der Waals surface area contributed by atoms with Gasteiger partial charge < -0.3 is 0 Å². The monoisotopic (exact) mass is 283 g/mol. The van der Waals surface area contributed by atoms with Crippen LogP contribution in [0.25, 0.3) is 0 Å². The van der Waals surface area contributed by atoms with Crippen LogP contribution >= 0.6 is 23.5 Å². The Labute approximate surface area is 121 Å². The minimum Gasteiger partial charge on any atom is -0.158 e. The van der Waals surface area contributed by atoms with Gasteiger partial charge in [-0.15, -0.1) is 0 Å². The van der Waals surface area contributed by atoms with Crippen LogP contribution in [0.1, 0.15) is 58.3 Å². The van der Waals surface area contributed by atoms with E-state index in [-0.39, 0.29) is 0 Å². The van der Waals surface area contributed by atoms with Crippen molar-refractivity contribution in [1.82, 2.24) is 0 Å². The van der Waals surface area contributed by atoms with Gasteiger partial charge in [-0.05, 0) is 67.8 Å². The first kappa shape index (κ1) is 13.7. The highest BCUT2D eigenvalue weighted by Gasteiger charge is 2.42. The number of hydrogen-bond donors (Lipinski definition) is 0. The Morgan fingerprint density at radius 3 is 2.33 bits per heavy atom. The zero-order valence-electron chi connectivity index (χ0n) is 11.7. The van der Waals surface area contributed by atoms with Crippen LogP contribution in [-0.2, 0) is 0 Å². The molecule has 2 heteroatoms. The fourth-order valence-electron chi connectivity index (χ4n) is 4.18. The molecule has 0 bridgehead atoms. The Bertz CT molecular complexity index is 228. The zero-order chi connectivity index (χ0) is 12.4. The van der Waals surface area contributed by atoms with Crippen molar-refractivity contribution in [3.63, 3.8) is 0 Å². The van der Waals surface area contributed by atoms with Gasteiger partial charge >= 0.3 is 0 Å². The second kappa shape index (κ2) is 6.43. The van der Waals surface area contributed by atoms with E-state index < -0.39 is 0 Å². The molecule has 0 aromatic carbocycles. The van der Waals surface area contributed by atoms with E-state index in [0.717, 1.165) is 22.3 Å². The number of hydrogen-bond acceptors (Lipinski definition) is 2. The van der Waals surface area contributed by atoms with Gasteiger partial charge in [0.1, 0.15) is 0 Å². The van der Waals surface area contributed by atoms with Gasteiger partial charge in [0, 0.05) is 10.5 Å². The van der Waals surface area contributed by atoms with Crippen LogP contribution in [0.15, 0.2) is 0 Å². The molecule has 0 aromatic rings. The van der Waals surface area contributed by atoms with Crippen LogP contribution in [0.2, 0.25) is 0 Å². The molecule has 2 heterocycles. The zero-order valence-corrected chi connectivity index (χ0v) is 13.3. The summed E-state index contributed by atoms with van der Waals surface area (Å²) in [5.74, 6) is 6.75. The van der Waals surface area contributed by atoms with Crippen molar-refractivity contribution < 1.29 is 0 Å². The lowest BCUT2D eigenvalue weighted by Crippen LogP contribution is -2.28. The third-order valence-corrected chi connectivity index (χ3v) is 8.28. The predicted molar refractivity (Wildman–Crippen MR) is 85.3 cm³/mol. The highest BCUT2D eigenvalue weighted by atomic mass is 32.2. The van der Waals surface area contributed by atoms with Crippen LogP contribution in [0.4, 0.5) is 0 Å². The topological polar surface area (TPSA) is 0 Å². The molecule has 3 fully saturated rings. The first-order valence-electron chi connectivity index (χ1n) is 7.95. The van der Waals surface area contributed by atoms with Gasteiger partial charge in [-0.25, -0.2) is 0 Å². The number of thioether (sulfide) groups is 2. The smallest absolute Gasteiger partial charge is 0.0112 e. The molecule has 3 rings (SSSR count). The fraction of sp³-hybridized carbons (Fsp3) is 0.938. The molecule has 18 heavy (non-hydrogen) atoms. The van der Waals surface area contributed by atoms with E-state index in [1.54, 1.807) is 0 Å². The van der Waals surface area contributed by atoms with Crippen molar-refractivity contribution in [2.24, 2.45) is 11.8 Å². The largest absolute Gasteiger partial charge is 0.158 e. The maximum atomic E-state index is 2.55. The van der Waals surface area contributed by atoms with Crippen LogP contribution in [0.3, 0.4) is 0 Å². The van der Waals surface area contributed by atoms with Gasteiger partial charge in [0.2, 0.25) is 0 Å². The molecule has 0 amide bonds. The first-order chi connectivity index (χ1) is 8.86. The molecule has 4 atom stereocenters. The average Bonchev–Trinajstić information content (AvgIpc) is 2.83. The van der Waals surface area contributed by atoms with E-state index in [1.165, 1.54) is 62.9 Å². The van der Waals surface area contributed by atoms with Crippen LogP contribution in [-0.4, -0.2) is 22.0 Å². The van der Waals surface area contributed by atoms with Crippen LogP contribution in [0.5, 0.6) is 0 Å². The third-order valence-electron chi connectivity index (χ3n) is 5.28. The van der Waals surface area contributed by atoms with E-state index in [4.69, 9.17) is 0 Å². The minimum atomic E-state index is 0.927. The summed E-state index contributed by atoms with van der Waals surface area (Å²) in [6.45, 7) is 2.55. The molecule has 0 N–H and O–H groups in total. The summed E-state index contributed by atoms with van der Waals surface area (Å²) in [7, 11) is 0. The third kappa shape index (κ3) is 2.90. The molecule has 0 spiro atoms. The van der Waals surface area contributed by atoms with Gasteiger partial charge in [0.05, 0.1) is 0 Å². The van der Waals surface area contributed by atoms with Crippen molar-refractivity contribution >= 4 is 23.5 Å². The molecule has 0 aromatic heterocycles. The van der Waals surface area contributed by atoms with Crippen molar-refractivity contribution in [3.8, 4) is 0 Å². The Hall–Kier alpha value is 0.700. The Kier molecular flexibility index (Phi) is 4.89. The molecule has 0 nitrogen and oxygen atoms in total. The Morgan fingerprint density at radius 2 is 1.67 bits per heavy atom. The highest BCUT2D eigenvalue weighted by Crippen LogP contribution is 2.51. The van der Waals surface area contributed by atoms with Crippen molar-refractivity contribution in [2.75, 3.05) is 11.5 Å². The molecule has 2 aliphatic heterocycles. The van der Waals surface area contributed by atoms with E-state index in [1.807, 2.05) is 5.92 Å². The van der Waals surface area contributed by atoms with Gasteiger partial charge in [0.25, 0.3) is 0 Å². The summed E-state index contributed by atoms with van der Waals surface area (Å²) in [4.78, 5) is 0. The SMILES string of the molecule is CC1[C](C2CCCCS2)CCC1C1CCCCS1. The minimum absolute atomic E-state index is 0.927. The average molecular weight is 284 g/mol. The van der Waals surface area contributed by atoms with E-state index in [2.05, 4.69) is 30.4 Å². The summed E-state index contributed by atoms with van der Waals surface area (Å²) >= 11 is 4.56. The fourth-order valence-corrected chi connectivity index (χ4v) is 7.35. The number of rotatable bonds is 2. The molecular formula is C16H27S2. The maximum Gasteiger partial charge on any atom is 0.0112 e. The molecule has 103 valence electrons. The molecule has 4 unspecified atom stereocenters. The molecular weight excluding hydrogens is 256 g/mol. The summed E-state index contributed by atoms with van der Waals surface area (Å²) in [6, 6.07) is 0. The van der Waals surface area contributed by atoms with Crippen molar-refractivity contribution in [1.29, 1.82) is 0 Å². The van der Waals surface area contributed by atoms with Gasteiger partial charge in [-0.1, -0.05) is 19.8 Å². The Morgan fingerprint density at radius 1 is 0.889 bits per heavy atom. The van der Waals surface area contributed by atoms with Crippen LogP contribution in [0, 0.1) is 17.8 Å². The second-order valence-corrected chi connectivity index (χ2v) is 8.98.